The van der Waals surface area contributed by atoms with Gasteiger partial charge in [-0.05, 0) is 37.1 Å². The summed E-state index contributed by atoms with van der Waals surface area (Å²) in [5.74, 6) is 2.02. The lowest BCUT2D eigenvalue weighted by Crippen LogP contribution is -2.42. The van der Waals surface area contributed by atoms with Crippen LogP contribution in [-0.4, -0.2) is 38.1 Å². The molecule has 1 aliphatic rings. The van der Waals surface area contributed by atoms with Crippen molar-refractivity contribution in [2.24, 2.45) is 4.99 Å². The smallest absolute Gasteiger partial charge is 0.191 e. The summed E-state index contributed by atoms with van der Waals surface area (Å²) in [6, 6.07) is 8.74. The zero-order valence-corrected chi connectivity index (χ0v) is 16.3. The van der Waals surface area contributed by atoms with Gasteiger partial charge in [-0.3, -0.25) is 4.99 Å². The molecule has 0 atom stereocenters. The van der Waals surface area contributed by atoms with Gasteiger partial charge in [0.05, 0.1) is 0 Å². The highest BCUT2D eigenvalue weighted by Crippen LogP contribution is 2.48. The Bertz CT molecular complexity index is 472. The van der Waals surface area contributed by atoms with E-state index in [1.807, 2.05) is 18.8 Å². The molecule has 1 aromatic rings. The summed E-state index contributed by atoms with van der Waals surface area (Å²) in [5.41, 5.74) is 3.21. The first kappa shape index (κ1) is 18.6. The van der Waals surface area contributed by atoms with E-state index in [2.05, 4.69) is 53.1 Å². The molecule has 0 aromatic heterocycles. The van der Waals surface area contributed by atoms with E-state index in [-0.39, 0.29) is 24.0 Å². The van der Waals surface area contributed by atoms with Crippen LogP contribution in [-0.2, 0) is 5.41 Å². The van der Waals surface area contributed by atoms with Crippen LogP contribution in [0.2, 0.25) is 0 Å². The van der Waals surface area contributed by atoms with Crippen LogP contribution in [0, 0.1) is 6.92 Å². The lowest BCUT2D eigenvalue weighted by Gasteiger charge is -2.20. The number of guanidine groups is 1. The van der Waals surface area contributed by atoms with E-state index in [1.54, 1.807) is 0 Å². The Morgan fingerprint density at radius 3 is 2.57 bits per heavy atom. The van der Waals surface area contributed by atoms with Crippen molar-refractivity contribution in [1.29, 1.82) is 0 Å². The van der Waals surface area contributed by atoms with Gasteiger partial charge in [-0.1, -0.05) is 24.3 Å². The molecule has 0 amide bonds. The summed E-state index contributed by atoms with van der Waals surface area (Å²) >= 11 is 1.84. The van der Waals surface area contributed by atoms with Crippen LogP contribution >= 0.6 is 35.7 Å². The van der Waals surface area contributed by atoms with Crippen molar-refractivity contribution >= 4 is 41.7 Å². The van der Waals surface area contributed by atoms with E-state index >= 15 is 0 Å². The first-order chi connectivity index (χ1) is 9.72. The molecule has 1 saturated carbocycles. The molecule has 0 unspecified atom stereocenters. The molecule has 5 heteroatoms. The number of nitrogens with zero attached hydrogens (tertiary/aromatic N) is 1. The molecule has 1 aliphatic carbocycles. The number of rotatable bonds is 6. The molecule has 0 spiro atoms. The average molecular weight is 419 g/mol. The zero-order valence-electron chi connectivity index (χ0n) is 13.1. The third-order valence-corrected chi connectivity index (χ3v) is 4.60. The first-order valence-corrected chi connectivity index (χ1v) is 8.61. The molecule has 0 aliphatic heterocycles. The second-order valence-corrected chi connectivity index (χ2v) is 6.43. The Morgan fingerprint density at radius 1 is 1.29 bits per heavy atom. The quantitative estimate of drug-likeness (QED) is 0.322. The second-order valence-electron chi connectivity index (χ2n) is 5.44. The molecule has 2 rings (SSSR count). The number of nitrogens with one attached hydrogen (secondary N) is 2. The fourth-order valence-corrected chi connectivity index (χ4v) is 2.91. The van der Waals surface area contributed by atoms with E-state index in [1.165, 1.54) is 24.0 Å². The van der Waals surface area contributed by atoms with Crippen molar-refractivity contribution in [2.45, 2.75) is 25.2 Å². The summed E-state index contributed by atoms with van der Waals surface area (Å²) in [7, 11) is 1.84. The van der Waals surface area contributed by atoms with Crippen LogP contribution in [0.1, 0.15) is 24.0 Å². The van der Waals surface area contributed by atoms with Crippen molar-refractivity contribution in [3.63, 3.8) is 0 Å². The number of halogens is 1. The fraction of sp³-hybridized carbons (Fsp3) is 0.562. The third-order valence-electron chi connectivity index (χ3n) is 3.99. The largest absolute Gasteiger partial charge is 0.356 e. The molecule has 21 heavy (non-hydrogen) atoms. The molecule has 2 N–H and O–H groups in total. The van der Waals surface area contributed by atoms with E-state index in [9.17, 15) is 0 Å². The molecule has 118 valence electrons. The second kappa shape index (κ2) is 8.88. The van der Waals surface area contributed by atoms with Crippen LogP contribution in [0.5, 0.6) is 0 Å². The number of aryl methyl sites for hydroxylation is 1. The summed E-state index contributed by atoms with van der Waals surface area (Å²) < 4.78 is 0. The van der Waals surface area contributed by atoms with Gasteiger partial charge in [-0.15, -0.1) is 24.0 Å². The van der Waals surface area contributed by atoms with Crippen molar-refractivity contribution in [3.05, 3.63) is 35.4 Å². The molecule has 0 saturated heterocycles. The molecule has 1 fully saturated rings. The predicted molar refractivity (Wildman–Crippen MR) is 105 cm³/mol. The van der Waals surface area contributed by atoms with E-state index in [4.69, 9.17) is 0 Å². The maximum atomic E-state index is 4.29. The minimum Gasteiger partial charge on any atom is -0.356 e. The summed E-state index contributed by atoms with van der Waals surface area (Å²) in [6.45, 7) is 4.13. The molecule has 3 nitrogen and oxygen atoms in total. The van der Waals surface area contributed by atoms with E-state index < -0.39 is 0 Å². The zero-order chi connectivity index (χ0) is 14.4. The van der Waals surface area contributed by atoms with Gasteiger partial charge in [-0.25, -0.2) is 0 Å². The van der Waals surface area contributed by atoms with Gasteiger partial charge in [0.15, 0.2) is 5.96 Å². The fourth-order valence-electron chi connectivity index (χ4n) is 2.61. The molecule has 0 heterocycles. The van der Waals surface area contributed by atoms with Crippen molar-refractivity contribution in [2.75, 3.05) is 32.1 Å². The van der Waals surface area contributed by atoms with Gasteiger partial charge >= 0.3 is 0 Å². The molecular formula is C16H26IN3S. The molecule has 1 aromatic carbocycles. The van der Waals surface area contributed by atoms with Crippen molar-refractivity contribution in [1.82, 2.24) is 10.6 Å². The first-order valence-electron chi connectivity index (χ1n) is 7.21. The minimum atomic E-state index is 0. The number of hydrogen-bond acceptors (Lipinski definition) is 2. The van der Waals surface area contributed by atoms with Gasteiger partial charge in [0.25, 0.3) is 0 Å². The highest BCUT2D eigenvalue weighted by Gasteiger charge is 2.44. The predicted octanol–water partition coefficient (Wildman–Crippen LogP) is 3.17. The average Bonchev–Trinajstić information content (AvgIpc) is 3.24. The van der Waals surface area contributed by atoms with Gasteiger partial charge in [0.2, 0.25) is 0 Å². The Morgan fingerprint density at radius 2 is 2.00 bits per heavy atom. The van der Waals surface area contributed by atoms with Crippen molar-refractivity contribution in [3.8, 4) is 0 Å². The number of aliphatic imine (C=N–C) groups is 1. The number of thioether (sulfide) groups is 1. The van der Waals surface area contributed by atoms with Crippen molar-refractivity contribution < 1.29 is 0 Å². The Hall–Kier alpha value is -0.430. The highest BCUT2D eigenvalue weighted by molar-refractivity contribution is 14.0. The monoisotopic (exact) mass is 419 g/mol. The summed E-state index contributed by atoms with van der Waals surface area (Å²) in [6.07, 6.45) is 4.66. The minimum absolute atomic E-state index is 0. The van der Waals surface area contributed by atoms with E-state index in [0.717, 1.165) is 24.8 Å². The van der Waals surface area contributed by atoms with Gasteiger partial charge in [-0.2, -0.15) is 11.8 Å². The normalized spacial score (nSPS) is 16.0. The highest BCUT2D eigenvalue weighted by atomic mass is 127. The Labute approximate surface area is 149 Å². The SMILES string of the molecule is CN=C(NCCSC)NCC1(c2ccccc2C)CC1.I. The maximum absolute atomic E-state index is 4.29. The van der Waals surface area contributed by atoms with Crippen LogP contribution < -0.4 is 10.6 Å². The number of hydrogen-bond donors (Lipinski definition) is 2. The van der Waals surface area contributed by atoms with Crippen LogP contribution in [0.25, 0.3) is 0 Å². The summed E-state index contributed by atoms with van der Waals surface area (Å²) in [4.78, 5) is 4.29. The molecule has 0 bridgehead atoms. The lowest BCUT2D eigenvalue weighted by atomic mass is 9.92. The third kappa shape index (κ3) is 5.06. The number of benzene rings is 1. The Kier molecular flexibility index (Phi) is 7.87. The van der Waals surface area contributed by atoms with Gasteiger partial charge in [0, 0.05) is 31.3 Å². The maximum Gasteiger partial charge on any atom is 0.191 e. The Balaban J connectivity index is 0.00000220. The molecule has 0 radical (unpaired) electrons. The van der Waals surface area contributed by atoms with Gasteiger partial charge in [0.1, 0.15) is 0 Å². The lowest BCUT2D eigenvalue weighted by molar-refractivity contribution is 0.644. The standard InChI is InChI=1S/C16H25N3S.HI/c1-13-6-4-5-7-14(13)16(8-9-16)12-19-15(17-2)18-10-11-20-3;/h4-7H,8-12H2,1-3H3,(H2,17,18,19);1H. The summed E-state index contributed by atoms with van der Waals surface area (Å²) in [5, 5.41) is 6.84. The van der Waals surface area contributed by atoms with Gasteiger partial charge < -0.3 is 10.6 Å². The van der Waals surface area contributed by atoms with Crippen LogP contribution in [0.15, 0.2) is 29.3 Å². The van der Waals surface area contributed by atoms with Crippen LogP contribution in [0.3, 0.4) is 0 Å². The van der Waals surface area contributed by atoms with Crippen LogP contribution in [0.4, 0.5) is 0 Å². The van der Waals surface area contributed by atoms with E-state index in [0.29, 0.717) is 5.41 Å². The topological polar surface area (TPSA) is 36.4 Å². The molecular weight excluding hydrogens is 393 g/mol.